The van der Waals surface area contributed by atoms with Crippen molar-refractivity contribution >= 4 is 30.4 Å². The Kier molecular flexibility index (Phi) is 11.8. The zero-order chi connectivity index (χ0) is 24.6. The van der Waals surface area contributed by atoms with Gasteiger partial charge in [0.15, 0.2) is 0 Å². The summed E-state index contributed by atoms with van der Waals surface area (Å²) in [5, 5.41) is 2.74. The summed E-state index contributed by atoms with van der Waals surface area (Å²) in [4.78, 5) is 39.2. The quantitative estimate of drug-likeness (QED) is 0.527. The van der Waals surface area contributed by atoms with Crippen molar-refractivity contribution in [3.63, 3.8) is 0 Å². The number of amides is 2. The van der Waals surface area contributed by atoms with E-state index in [0.29, 0.717) is 38.5 Å². The summed E-state index contributed by atoms with van der Waals surface area (Å²) >= 11 is 0. The minimum absolute atomic E-state index is 0. The van der Waals surface area contributed by atoms with Crippen LogP contribution in [-0.2, 0) is 25.5 Å². The van der Waals surface area contributed by atoms with Gasteiger partial charge in [-0.1, -0.05) is 26.0 Å². The van der Waals surface area contributed by atoms with Crippen LogP contribution in [0.25, 0.3) is 0 Å². The van der Waals surface area contributed by atoms with Crippen molar-refractivity contribution in [3.05, 3.63) is 29.8 Å². The first-order valence-corrected chi connectivity index (χ1v) is 11.4. The van der Waals surface area contributed by atoms with E-state index in [4.69, 9.17) is 19.9 Å². The Balaban J connectivity index is 0.00000578. The van der Waals surface area contributed by atoms with E-state index < -0.39 is 35.7 Å². The molecule has 10 heteroatoms. The van der Waals surface area contributed by atoms with Crippen molar-refractivity contribution in [2.75, 3.05) is 26.3 Å². The van der Waals surface area contributed by atoms with E-state index in [1.807, 2.05) is 13.8 Å². The summed E-state index contributed by atoms with van der Waals surface area (Å²) in [6.45, 7) is 11.2. The normalized spacial score (nSPS) is 15.7. The van der Waals surface area contributed by atoms with Crippen LogP contribution in [0.5, 0.6) is 5.75 Å². The molecule has 0 radical (unpaired) electrons. The number of ether oxygens (including phenoxy) is 3. The molecule has 0 spiro atoms. The van der Waals surface area contributed by atoms with Gasteiger partial charge in [-0.15, -0.1) is 12.4 Å². The molecule has 192 valence electrons. The number of benzene rings is 1. The van der Waals surface area contributed by atoms with Gasteiger partial charge in [0.2, 0.25) is 5.91 Å². The van der Waals surface area contributed by atoms with E-state index >= 15 is 0 Å². The first kappa shape index (κ1) is 29.7. The average molecular weight is 500 g/mol. The van der Waals surface area contributed by atoms with E-state index in [0.717, 1.165) is 5.56 Å². The minimum Gasteiger partial charge on any atom is -0.458 e. The van der Waals surface area contributed by atoms with Gasteiger partial charge in [-0.05, 0) is 50.8 Å². The lowest BCUT2D eigenvalue weighted by molar-refractivity contribution is -0.158. The van der Waals surface area contributed by atoms with Crippen molar-refractivity contribution in [1.29, 1.82) is 0 Å². The third-order valence-corrected chi connectivity index (χ3v) is 4.91. The highest BCUT2D eigenvalue weighted by Crippen LogP contribution is 2.17. The fraction of sp³-hybridized carbons (Fsp3) is 0.625. The summed E-state index contributed by atoms with van der Waals surface area (Å²) in [5.74, 6) is -0.281. The van der Waals surface area contributed by atoms with Crippen LogP contribution >= 0.6 is 12.4 Å². The Morgan fingerprint density at radius 1 is 1.12 bits per heavy atom. The third-order valence-electron chi connectivity index (χ3n) is 4.91. The molecule has 1 saturated heterocycles. The number of nitrogens with zero attached hydrogens (tertiary/aromatic N) is 1. The molecule has 1 heterocycles. The van der Waals surface area contributed by atoms with Gasteiger partial charge in [-0.2, -0.15) is 0 Å². The summed E-state index contributed by atoms with van der Waals surface area (Å²) < 4.78 is 16.1. The predicted octanol–water partition coefficient (Wildman–Crippen LogP) is 2.68. The molecule has 34 heavy (non-hydrogen) atoms. The maximum atomic E-state index is 12.8. The standard InChI is InChI=1S/C24H37N3O6.ClH/c1-16(2)14-19(25)21(28)26-20(22(29)33-24(3,4)5)15-17-6-8-18(9-7-17)32-23(30)27-10-12-31-13-11-27;/h6-9,16,19-20H,10-15,25H2,1-5H3,(H,26,28);1H/t19-,20-;/m0./s1. The highest BCUT2D eigenvalue weighted by molar-refractivity contribution is 5.87. The Hall–Kier alpha value is -2.36. The van der Waals surface area contributed by atoms with E-state index in [1.165, 1.54) is 0 Å². The van der Waals surface area contributed by atoms with Gasteiger partial charge in [0.05, 0.1) is 19.3 Å². The van der Waals surface area contributed by atoms with Gasteiger partial charge >= 0.3 is 12.1 Å². The van der Waals surface area contributed by atoms with E-state index in [1.54, 1.807) is 49.9 Å². The molecule has 0 bridgehead atoms. The molecular weight excluding hydrogens is 462 g/mol. The zero-order valence-electron chi connectivity index (χ0n) is 20.7. The molecular formula is C24H38ClN3O6. The monoisotopic (exact) mass is 499 g/mol. The number of morpholine rings is 1. The summed E-state index contributed by atoms with van der Waals surface area (Å²) in [6.07, 6.45) is 0.298. The number of hydrogen-bond acceptors (Lipinski definition) is 7. The molecule has 1 aliphatic rings. The molecule has 2 rings (SSSR count). The molecule has 1 aliphatic heterocycles. The van der Waals surface area contributed by atoms with Crippen molar-refractivity contribution in [3.8, 4) is 5.75 Å². The molecule has 1 aromatic rings. The minimum atomic E-state index is -0.892. The molecule has 2 amide bonds. The van der Waals surface area contributed by atoms with Crippen LogP contribution in [0.15, 0.2) is 24.3 Å². The Labute approximate surface area is 208 Å². The average Bonchev–Trinajstić information content (AvgIpc) is 2.73. The second-order valence-electron chi connectivity index (χ2n) is 9.65. The molecule has 0 aliphatic carbocycles. The SMILES string of the molecule is CC(C)C[C@H](N)C(=O)N[C@@H](Cc1ccc(OC(=O)N2CCOCC2)cc1)C(=O)OC(C)(C)C.Cl. The number of halogens is 1. The topological polar surface area (TPSA) is 120 Å². The largest absolute Gasteiger partial charge is 0.458 e. The van der Waals surface area contributed by atoms with Crippen LogP contribution in [0.4, 0.5) is 4.79 Å². The number of nitrogens with one attached hydrogen (secondary N) is 1. The van der Waals surface area contributed by atoms with E-state index in [9.17, 15) is 14.4 Å². The molecule has 1 fully saturated rings. The van der Waals surface area contributed by atoms with Crippen molar-refractivity contribution in [2.45, 2.75) is 65.1 Å². The van der Waals surface area contributed by atoms with E-state index in [-0.39, 0.29) is 24.7 Å². The second-order valence-corrected chi connectivity index (χ2v) is 9.65. The highest BCUT2D eigenvalue weighted by atomic mass is 35.5. The van der Waals surface area contributed by atoms with Crippen LogP contribution in [0.1, 0.15) is 46.6 Å². The second kappa shape index (κ2) is 13.5. The van der Waals surface area contributed by atoms with Crippen molar-refractivity contribution < 1.29 is 28.6 Å². The lowest BCUT2D eigenvalue weighted by Crippen LogP contribution is -2.51. The van der Waals surface area contributed by atoms with Crippen molar-refractivity contribution in [1.82, 2.24) is 10.2 Å². The molecule has 0 unspecified atom stereocenters. The molecule has 3 N–H and O–H groups in total. The fourth-order valence-corrected chi connectivity index (χ4v) is 3.30. The number of hydrogen-bond donors (Lipinski definition) is 2. The molecule has 2 atom stereocenters. The maximum absolute atomic E-state index is 12.8. The molecule has 9 nitrogen and oxygen atoms in total. The Morgan fingerprint density at radius 3 is 2.24 bits per heavy atom. The van der Waals surface area contributed by atoms with Crippen LogP contribution in [0.2, 0.25) is 0 Å². The first-order valence-electron chi connectivity index (χ1n) is 11.4. The first-order chi connectivity index (χ1) is 15.4. The Morgan fingerprint density at radius 2 is 1.71 bits per heavy atom. The lowest BCUT2D eigenvalue weighted by Gasteiger charge is -2.26. The summed E-state index contributed by atoms with van der Waals surface area (Å²) in [5.41, 5.74) is 6.07. The molecule has 0 aromatic heterocycles. The number of nitrogens with two attached hydrogens (primary N) is 1. The van der Waals surface area contributed by atoms with Gasteiger partial charge in [0, 0.05) is 19.5 Å². The van der Waals surface area contributed by atoms with Crippen molar-refractivity contribution in [2.24, 2.45) is 11.7 Å². The number of esters is 1. The van der Waals surface area contributed by atoms with Gasteiger partial charge in [0.1, 0.15) is 17.4 Å². The predicted molar refractivity (Wildman–Crippen MR) is 131 cm³/mol. The lowest BCUT2D eigenvalue weighted by atomic mass is 10.0. The molecule has 1 aromatic carbocycles. The highest BCUT2D eigenvalue weighted by Gasteiger charge is 2.29. The van der Waals surface area contributed by atoms with Crippen LogP contribution in [-0.4, -0.2) is 66.9 Å². The number of carbonyl (C=O) groups is 3. The van der Waals surface area contributed by atoms with Crippen LogP contribution in [0, 0.1) is 5.92 Å². The number of rotatable bonds is 8. The smallest absolute Gasteiger partial charge is 0.415 e. The maximum Gasteiger partial charge on any atom is 0.415 e. The number of carbonyl (C=O) groups excluding carboxylic acids is 3. The Bertz CT molecular complexity index is 804. The van der Waals surface area contributed by atoms with Gasteiger partial charge in [-0.3, -0.25) is 4.79 Å². The van der Waals surface area contributed by atoms with Crippen LogP contribution in [0.3, 0.4) is 0 Å². The van der Waals surface area contributed by atoms with Gasteiger partial charge in [-0.25, -0.2) is 9.59 Å². The van der Waals surface area contributed by atoms with Gasteiger partial charge < -0.3 is 30.2 Å². The summed E-state index contributed by atoms with van der Waals surface area (Å²) in [7, 11) is 0. The fourth-order valence-electron chi connectivity index (χ4n) is 3.30. The van der Waals surface area contributed by atoms with Gasteiger partial charge in [0.25, 0.3) is 0 Å². The summed E-state index contributed by atoms with van der Waals surface area (Å²) in [6, 6.07) is 5.21. The van der Waals surface area contributed by atoms with Crippen LogP contribution < -0.4 is 15.8 Å². The molecule has 0 saturated carbocycles. The third kappa shape index (κ3) is 10.3. The van der Waals surface area contributed by atoms with E-state index in [2.05, 4.69) is 5.32 Å². The zero-order valence-corrected chi connectivity index (χ0v) is 21.5.